The molecular formula is C29H20N4O4S. The summed E-state index contributed by atoms with van der Waals surface area (Å²) in [5, 5.41) is 26.6. The van der Waals surface area contributed by atoms with Gasteiger partial charge in [0.2, 0.25) is 11.5 Å². The molecule has 0 saturated carbocycles. The second-order valence-electron chi connectivity index (χ2n) is 8.11. The number of nitrogens with zero attached hydrogens (tertiary/aromatic N) is 4. The molecule has 0 aliphatic heterocycles. The van der Waals surface area contributed by atoms with Crippen LogP contribution >= 0.6 is 11.8 Å². The fraction of sp³-hybridized carbons (Fsp3) is 0.0690. The Bertz CT molecular complexity index is 1630. The van der Waals surface area contributed by atoms with Crippen LogP contribution in [-0.4, -0.2) is 28.9 Å². The molecule has 0 aliphatic carbocycles. The van der Waals surface area contributed by atoms with Gasteiger partial charge in [-0.3, -0.25) is 4.79 Å². The van der Waals surface area contributed by atoms with Gasteiger partial charge in [-0.05, 0) is 28.4 Å². The minimum Gasteiger partial charge on any atom is -0.539 e. The summed E-state index contributed by atoms with van der Waals surface area (Å²) < 4.78 is 11.2. The van der Waals surface area contributed by atoms with E-state index in [4.69, 9.17) is 14.2 Å². The fourth-order valence-corrected chi connectivity index (χ4v) is 4.78. The first-order valence-electron chi connectivity index (χ1n) is 11.5. The van der Waals surface area contributed by atoms with Crippen LogP contribution in [0, 0.1) is 11.3 Å². The van der Waals surface area contributed by atoms with Crippen LogP contribution in [0.2, 0.25) is 0 Å². The number of methoxy groups -OCH3 is 1. The largest absolute Gasteiger partial charge is 0.539 e. The monoisotopic (exact) mass is 520 g/mol. The van der Waals surface area contributed by atoms with Crippen LogP contribution in [-0.2, 0) is 0 Å². The van der Waals surface area contributed by atoms with Gasteiger partial charge in [0, 0.05) is 23.3 Å². The highest BCUT2D eigenvalue weighted by atomic mass is 32.2. The van der Waals surface area contributed by atoms with E-state index in [1.807, 2.05) is 66.7 Å². The molecule has 5 rings (SSSR count). The van der Waals surface area contributed by atoms with Crippen molar-refractivity contribution in [1.82, 2.24) is 10.3 Å². The number of hydrogen-bond acceptors (Lipinski definition) is 8. The quantitative estimate of drug-likeness (QED) is 0.165. The number of ether oxygens (including phenoxy) is 1. The van der Waals surface area contributed by atoms with Crippen molar-refractivity contribution in [3.05, 3.63) is 102 Å². The van der Waals surface area contributed by atoms with E-state index in [2.05, 4.69) is 11.3 Å². The predicted octanol–water partition coefficient (Wildman–Crippen LogP) is 4.61. The van der Waals surface area contributed by atoms with E-state index >= 15 is 0 Å². The third-order valence-electron chi connectivity index (χ3n) is 5.78. The van der Waals surface area contributed by atoms with Gasteiger partial charge < -0.3 is 14.4 Å². The molecule has 0 amide bonds. The van der Waals surface area contributed by atoms with Crippen molar-refractivity contribution in [1.29, 1.82) is 5.26 Å². The first-order chi connectivity index (χ1) is 18.6. The van der Waals surface area contributed by atoms with Crippen molar-refractivity contribution < 1.29 is 23.8 Å². The van der Waals surface area contributed by atoms with Crippen LogP contribution in [0.25, 0.3) is 28.1 Å². The normalized spacial score (nSPS) is 10.6. The molecule has 38 heavy (non-hydrogen) atoms. The topological polar surface area (TPSA) is 116 Å². The Morgan fingerprint density at radius 1 is 1.03 bits per heavy atom. The van der Waals surface area contributed by atoms with Gasteiger partial charge in [0.1, 0.15) is 16.8 Å². The Labute approximate surface area is 222 Å². The van der Waals surface area contributed by atoms with Crippen molar-refractivity contribution in [3.63, 3.8) is 0 Å². The van der Waals surface area contributed by atoms with E-state index in [1.165, 1.54) is 4.68 Å². The second-order valence-corrected chi connectivity index (χ2v) is 9.07. The molecule has 186 valence electrons. The number of para-hydroxylation sites is 1. The van der Waals surface area contributed by atoms with Crippen molar-refractivity contribution in [2.45, 2.75) is 5.03 Å². The zero-order valence-corrected chi connectivity index (χ0v) is 21.0. The summed E-state index contributed by atoms with van der Waals surface area (Å²) in [6.45, 7) is 0. The lowest BCUT2D eigenvalue weighted by atomic mass is 9.99. The minimum absolute atomic E-state index is 0.148. The maximum atomic E-state index is 13.2. The lowest BCUT2D eigenvalue weighted by Gasteiger charge is -2.12. The highest BCUT2D eigenvalue weighted by Gasteiger charge is 2.28. The summed E-state index contributed by atoms with van der Waals surface area (Å²) in [5.74, 6) is -0.777. The van der Waals surface area contributed by atoms with Crippen molar-refractivity contribution in [2.75, 3.05) is 12.9 Å². The molecule has 0 aliphatic rings. The third-order valence-corrected chi connectivity index (χ3v) is 6.76. The first-order valence-corrected chi connectivity index (χ1v) is 12.5. The molecule has 0 unspecified atom stereocenters. The van der Waals surface area contributed by atoms with Gasteiger partial charge in [-0.15, -0.1) is 0 Å². The fourth-order valence-electron chi connectivity index (χ4n) is 3.92. The van der Waals surface area contributed by atoms with Crippen LogP contribution in [0.5, 0.6) is 11.7 Å². The summed E-state index contributed by atoms with van der Waals surface area (Å²) in [5.41, 5.74) is 3.65. The maximum Gasteiger partial charge on any atom is 0.307 e. The van der Waals surface area contributed by atoms with Gasteiger partial charge in [0.15, 0.2) is 5.95 Å². The van der Waals surface area contributed by atoms with E-state index in [1.54, 1.807) is 31.4 Å². The second kappa shape index (κ2) is 11.0. The number of nitriles is 1. The molecule has 5 aromatic rings. The van der Waals surface area contributed by atoms with Crippen LogP contribution in [0.1, 0.15) is 16.1 Å². The number of rotatable bonds is 8. The van der Waals surface area contributed by atoms with E-state index in [-0.39, 0.29) is 11.4 Å². The van der Waals surface area contributed by atoms with Crippen LogP contribution in [0.15, 0.2) is 101 Å². The lowest BCUT2D eigenvalue weighted by Crippen LogP contribution is -2.39. The van der Waals surface area contributed by atoms with Crippen LogP contribution < -0.4 is 14.5 Å². The standard InChI is InChI=1S/C29H20N4O4S/c1-36-22-14-12-19(13-15-22)23-16-25(20-8-4-2-5-9-20)31-28(24(23)17-30)38-18-26(34)27-29(35)37-32-33(27)21-10-6-3-7-11-21/h2-16H,18H2,1H3. The van der Waals surface area contributed by atoms with Gasteiger partial charge >= 0.3 is 5.69 Å². The predicted molar refractivity (Wildman–Crippen MR) is 139 cm³/mol. The molecule has 3 aromatic carbocycles. The Balaban J connectivity index is 1.53. The van der Waals surface area contributed by atoms with E-state index in [9.17, 15) is 15.2 Å². The van der Waals surface area contributed by atoms with Gasteiger partial charge in [0.05, 0.1) is 29.4 Å². The summed E-state index contributed by atoms with van der Waals surface area (Å²) in [6, 6.07) is 29.8. The van der Waals surface area contributed by atoms with Crippen LogP contribution in [0.3, 0.4) is 0 Å². The molecule has 0 N–H and O–H groups in total. The van der Waals surface area contributed by atoms with Crippen molar-refractivity contribution in [3.8, 4) is 45.8 Å². The summed E-state index contributed by atoms with van der Waals surface area (Å²) >= 11 is 1.09. The van der Waals surface area contributed by atoms with Crippen LogP contribution in [0.4, 0.5) is 0 Å². The van der Waals surface area contributed by atoms with E-state index in [0.29, 0.717) is 33.3 Å². The van der Waals surface area contributed by atoms with Gasteiger partial charge in [-0.25, -0.2) is 4.98 Å². The van der Waals surface area contributed by atoms with Crippen molar-refractivity contribution in [2.24, 2.45) is 0 Å². The SMILES string of the molecule is COc1ccc(-c2cc(-c3ccccc3)nc(SCC(=O)c3c([O-])on[n+]3-c3ccccc3)c2C#N)cc1. The number of hydrogen-bond donors (Lipinski definition) is 0. The molecule has 0 saturated heterocycles. The number of pyridine rings is 1. The van der Waals surface area contributed by atoms with Gasteiger partial charge in [-0.1, -0.05) is 72.4 Å². The third kappa shape index (κ3) is 4.98. The Hall–Kier alpha value is -4.94. The lowest BCUT2D eigenvalue weighted by molar-refractivity contribution is -0.672. The zero-order chi connectivity index (χ0) is 26.5. The summed E-state index contributed by atoms with van der Waals surface area (Å²) in [6.07, 6.45) is 0. The number of ketones is 1. The molecule has 0 atom stereocenters. The smallest absolute Gasteiger partial charge is 0.307 e. The average Bonchev–Trinajstić information content (AvgIpc) is 3.37. The molecule has 0 bridgehead atoms. The molecule has 2 aromatic heterocycles. The molecule has 2 heterocycles. The number of carbonyl (C=O) groups excluding carboxylic acids is 1. The Morgan fingerprint density at radius 2 is 1.71 bits per heavy atom. The molecule has 9 heteroatoms. The Morgan fingerprint density at radius 3 is 2.37 bits per heavy atom. The summed E-state index contributed by atoms with van der Waals surface area (Å²) in [7, 11) is 1.59. The van der Waals surface area contributed by atoms with Crippen molar-refractivity contribution >= 4 is 17.5 Å². The molecule has 0 spiro atoms. The highest BCUT2D eigenvalue weighted by molar-refractivity contribution is 8.00. The number of benzene rings is 3. The molecule has 8 nitrogen and oxygen atoms in total. The Kier molecular flexibility index (Phi) is 7.15. The maximum absolute atomic E-state index is 13.2. The minimum atomic E-state index is -0.829. The average molecular weight is 521 g/mol. The van der Waals surface area contributed by atoms with E-state index in [0.717, 1.165) is 22.9 Å². The first kappa shape index (κ1) is 24.7. The van der Waals surface area contributed by atoms with Gasteiger partial charge in [0.25, 0.3) is 0 Å². The highest BCUT2D eigenvalue weighted by Crippen LogP contribution is 2.35. The molecular weight excluding hydrogens is 500 g/mol. The number of aromatic nitrogens is 3. The van der Waals surface area contributed by atoms with E-state index < -0.39 is 11.7 Å². The number of carbonyl (C=O) groups is 1. The zero-order valence-electron chi connectivity index (χ0n) is 20.2. The van der Waals surface area contributed by atoms with Gasteiger partial charge in [-0.2, -0.15) is 5.26 Å². The molecule has 0 radical (unpaired) electrons. The number of Topliss-reactive ketones (excluding diaryl/α,β-unsaturated/α-hetero) is 1. The summed E-state index contributed by atoms with van der Waals surface area (Å²) in [4.78, 5) is 17.9. The molecule has 0 fully saturated rings. The number of thioether (sulfide) groups is 1.